The number of carbonyl (C=O) groups excluding carboxylic acids is 3. The van der Waals surface area contributed by atoms with Crippen molar-refractivity contribution in [3.63, 3.8) is 0 Å². The summed E-state index contributed by atoms with van der Waals surface area (Å²) >= 11 is 7.34. The normalized spacial score (nSPS) is 20.6. The summed E-state index contributed by atoms with van der Waals surface area (Å²) < 4.78 is 13.0. The highest BCUT2D eigenvalue weighted by molar-refractivity contribution is 8.18. The summed E-state index contributed by atoms with van der Waals surface area (Å²) in [5.74, 6) is -1.23. The van der Waals surface area contributed by atoms with Crippen molar-refractivity contribution in [3.8, 4) is 0 Å². The molecular weight excluding hydrogens is 477 g/mol. The number of rotatable bonds is 4. The summed E-state index contributed by atoms with van der Waals surface area (Å²) in [6.07, 6.45) is 2.58. The maximum Gasteiger partial charge on any atom is 0.294 e. The van der Waals surface area contributed by atoms with Crippen molar-refractivity contribution in [3.05, 3.63) is 63.3 Å². The number of carbonyl (C=O) groups is 3. The van der Waals surface area contributed by atoms with Gasteiger partial charge in [0.2, 0.25) is 5.91 Å². The predicted molar refractivity (Wildman–Crippen MR) is 135 cm³/mol. The maximum atomic E-state index is 13.0. The van der Waals surface area contributed by atoms with Gasteiger partial charge in [0.15, 0.2) is 0 Å². The molecule has 3 amide bonds. The van der Waals surface area contributed by atoms with Gasteiger partial charge in [-0.1, -0.05) is 18.5 Å². The van der Waals surface area contributed by atoms with Gasteiger partial charge in [-0.05, 0) is 91.5 Å². The quantitative estimate of drug-likeness (QED) is 0.530. The van der Waals surface area contributed by atoms with Crippen LogP contribution < -0.4 is 10.2 Å². The zero-order chi connectivity index (χ0) is 24.8. The van der Waals surface area contributed by atoms with Crippen LogP contribution in [-0.4, -0.2) is 41.1 Å². The van der Waals surface area contributed by atoms with Gasteiger partial charge in [-0.3, -0.25) is 19.3 Å². The average molecular weight is 502 g/mol. The molecule has 6 nitrogen and oxygen atoms in total. The molecule has 1 fully saturated rings. The van der Waals surface area contributed by atoms with Crippen LogP contribution in [0.3, 0.4) is 0 Å². The molecule has 0 aliphatic carbocycles. The molecule has 0 bridgehead atoms. The van der Waals surface area contributed by atoms with Gasteiger partial charge in [-0.15, -0.1) is 0 Å². The Kier molecular flexibility index (Phi) is 6.48. The number of anilines is 2. The van der Waals surface area contributed by atoms with E-state index >= 15 is 0 Å². The Bertz CT molecular complexity index is 1210. The number of amides is 3. The minimum absolute atomic E-state index is 0.00555. The van der Waals surface area contributed by atoms with Crippen molar-refractivity contribution in [2.45, 2.75) is 38.6 Å². The van der Waals surface area contributed by atoms with Gasteiger partial charge in [0.1, 0.15) is 12.4 Å². The first-order valence-corrected chi connectivity index (χ1v) is 12.0. The van der Waals surface area contributed by atoms with Crippen LogP contribution in [0.1, 0.15) is 44.2 Å². The van der Waals surface area contributed by atoms with E-state index in [0.29, 0.717) is 22.2 Å². The summed E-state index contributed by atoms with van der Waals surface area (Å²) in [4.78, 5) is 41.0. The van der Waals surface area contributed by atoms with Gasteiger partial charge in [-0.25, -0.2) is 4.39 Å². The van der Waals surface area contributed by atoms with Gasteiger partial charge in [-0.2, -0.15) is 0 Å². The molecule has 1 N–H and O–H groups in total. The van der Waals surface area contributed by atoms with E-state index in [2.05, 4.69) is 31.0 Å². The molecule has 178 valence electrons. The summed E-state index contributed by atoms with van der Waals surface area (Å²) in [5, 5.41) is 2.50. The van der Waals surface area contributed by atoms with Gasteiger partial charge in [0, 0.05) is 29.0 Å². The van der Waals surface area contributed by atoms with E-state index in [1.165, 1.54) is 24.3 Å². The lowest BCUT2D eigenvalue weighted by Crippen LogP contribution is -2.45. The predicted octanol–water partition coefficient (Wildman–Crippen LogP) is 5.88. The molecule has 0 saturated carbocycles. The first-order valence-electron chi connectivity index (χ1n) is 10.8. The fourth-order valence-electron chi connectivity index (χ4n) is 4.37. The van der Waals surface area contributed by atoms with Gasteiger partial charge in [0.05, 0.1) is 4.91 Å². The molecule has 2 aromatic carbocycles. The Hall–Kier alpha value is -2.84. The number of thioether (sulfide) groups is 1. The highest BCUT2D eigenvalue weighted by Crippen LogP contribution is 2.45. The second-order valence-electron chi connectivity index (χ2n) is 9.23. The zero-order valence-electron chi connectivity index (χ0n) is 19.3. The fraction of sp³-hybridized carbons (Fsp3) is 0.320. The molecule has 4 rings (SSSR count). The van der Waals surface area contributed by atoms with Crippen LogP contribution in [0, 0.1) is 5.82 Å². The average Bonchev–Trinajstić information content (AvgIpc) is 3.02. The Morgan fingerprint density at radius 2 is 1.94 bits per heavy atom. The lowest BCUT2D eigenvalue weighted by Gasteiger charge is -2.45. The van der Waals surface area contributed by atoms with E-state index in [1.807, 2.05) is 19.2 Å². The van der Waals surface area contributed by atoms with E-state index in [0.717, 1.165) is 34.3 Å². The van der Waals surface area contributed by atoms with E-state index in [4.69, 9.17) is 11.6 Å². The van der Waals surface area contributed by atoms with E-state index < -0.39 is 29.4 Å². The van der Waals surface area contributed by atoms with Crippen LogP contribution in [0.5, 0.6) is 0 Å². The highest BCUT2D eigenvalue weighted by atomic mass is 35.5. The molecule has 1 atom stereocenters. The molecule has 0 radical (unpaired) electrons. The Morgan fingerprint density at radius 1 is 1.26 bits per heavy atom. The Morgan fingerprint density at radius 3 is 2.62 bits per heavy atom. The maximum absolute atomic E-state index is 13.0. The molecule has 2 aliphatic rings. The van der Waals surface area contributed by atoms with E-state index in [9.17, 15) is 18.8 Å². The van der Waals surface area contributed by atoms with Crippen LogP contribution in [-0.2, 0) is 9.59 Å². The van der Waals surface area contributed by atoms with Crippen LogP contribution in [0.15, 0.2) is 41.3 Å². The molecule has 1 unspecified atom stereocenters. The SMILES string of the molecule is CC1CC(C)(C)N(C)c2cc(Cl)c(/C=C3/SC(=O)N(CC(=O)Nc4ccc(F)cc4)C3=O)cc21. The smallest absolute Gasteiger partial charge is 0.294 e. The van der Waals surface area contributed by atoms with E-state index in [1.54, 1.807) is 6.08 Å². The summed E-state index contributed by atoms with van der Waals surface area (Å²) in [6, 6.07) is 9.10. The zero-order valence-corrected chi connectivity index (χ0v) is 20.9. The van der Waals surface area contributed by atoms with Crippen LogP contribution in [0.4, 0.5) is 20.6 Å². The molecule has 0 spiro atoms. The molecule has 2 heterocycles. The minimum Gasteiger partial charge on any atom is -0.369 e. The number of nitrogens with one attached hydrogen (secondary N) is 1. The molecule has 1 saturated heterocycles. The lowest BCUT2D eigenvalue weighted by atomic mass is 9.80. The van der Waals surface area contributed by atoms with Gasteiger partial charge < -0.3 is 10.2 Å². The first kappa shape index (κ1) is 24.3. The number of halogens is 2. The lowest BCUT2D eigenvalue weighted by molar-refractivity contribution is -0.127. The molecule has 9 heteroatoms. The van der Waals surface area contributed by atoms with Crippen molar-refractivity contribution < 1.29 is 18.8 Å². The highest BCUT2D eigenvalue weighted by Gasteiger charge is 2.37. The Balaban J connectivity index is 1.54. The number of hydrogen-bond acceptors (Lipinski definition) is 5. The van der Waals surface area contributed by atoms with Crippen molar-refractivity contribution in [1.82, 2.24) is 4.90 Å². The topological polar surface area (TPSA) is 69.7 Å². The number of hydrogen-bond donors (Lipinski definition) is 1. The third-order valence-electron chi connectivity index (χ3n) is 6.34. The third-order valence-corrected chi connectivity index (χ3v) is 7.58. The van der Waals surface area contributed by atoms with Crippen molar-refractivity contribution in [2.24, 2.45) is 0 Å². The largest absolute Gasteiger partial charge is 0.369 e. The molecular formula is C25H25ClFN3O3S. The number of fused-ring (bicyclic) bond motifs is 1. The summed E-state index contributed by atoms with van der Waals surface area (Å²) in [7, 11) is 2.04. The number of imide groups is 1. The standard InChI is InChI=1S/C25H25ClFN3O3S/c1-14-12-25(2,3)29(4)20-11-19(26)15(9-18(14)20)10-21-23(32)30(24(33)34-21)13-22(31)28-17-7-5-16(27)6-8-17/h5-11,14H,12-13H2,1-4H3,(H,28,31)/b21-10+. The molecule has 2 aromatic rings. The van der Waals surface area contributed by atoms with Crippen LogP contribution in [0.2, 0.25) is 5.02 Å². The molecule has 0 aromatic heterocycles. The van der Waals surface area contributed by atoms with Crippen molar-refractivity contribution >= 4 is 57.9 Å². The molecule has 34 heavy (non-hydrogen) atoms. The summed E-state index contributed by atoms with van der Waals surface area (Å²) in [5.41, 5.74) is 3.21. The van der Waals surface area contributed by atoms with Crippen LogP contribution >= 0.6 is 23.4 Å². The minimum atomic E-state index is -0.554. The summed E-state index contributed by atoms with van der Waals surface area (Å²) in [6.45, 7) is 6.11. The second-order valence-corrected chi connectivity index (χ2v) is 10.6. The Labute approximate surface area is 207 Å². The van der Waals surface area contributed by atoms with Crippen LogP contribution in [0.25, 0.3) is 6.08 Å². The van der Waals surface area contributed by atoms with Gasteiger partial charge in [0.25, 0.3) is 11.1 Å². The van der Waals surface area contributed by atoms with Crippen molar-refractivity contribution in [1.29, 1.82) is 0 Å². The third kappa shape index (κ3) is 4.70. The monoisotopic (exact) mass is 501 g/mol. The van der Waals surface area contributed by atoms with Crippen molar-refractivity contribution in [2.75, 3.05) is 23.8 Å². The first-order chi connectivity index (χ1) is 16.0. The molecule has 2 aliphatic heterocycles. The second kappa shape index (κ2) is 9.07. The number of benzene rings is 2. The van der Waals surface area contributed by atoms with E-state index in [-0.39, 0.29) is 10.4 Å². The number of nitrogens with zero attached hydrogens (tertiary/aromatic N) is 2. The fourth-order valence-corrected chi connectivity index (χ4v) is 5.41. The van der Waals surface area contributed by atoms with Gasteiger partial charge >= 0.3 is 0 Å².